The minimum atomic E-state index is -2.28. The molecule has 3 aliphatic heterocycles. The van der Waals surface area contributed by atoms with Gasteiger partial charge in [-0.05, 0) is 83.5 Å². The van der Waals surface area contributed by atoms with E-state index in [1.54, 1.807) is 13.8 Å². The highest BCUT2D eigenvalue weighted by atomic mass is 16.7. The van der Waals surface area contributed by atoms with Crippen molar-refractivity contribution in [1.29, 1.82) is 0 Å². The second-order valence-electron chi connectivity index (χ2n) is 19.3. The minimum absolute atomic E-state index is 0.0258. The molecule has 4 bridgehead atoms. The zero-order chi connectivity index (χ0) is 41.3. The van der Waals surface area contributed by atoms with Gasteiger partial charge in [-0.3, -0.25) is 19.3 Å². The Morgan fingerprint density at radius 1 is 0.982 bits per heavy atom. The smallest absolute Gasteiger partial charge is 0.342 e. The maximum Gasteiger partial charge on any atom is 0.342 e. The number of esters is 4. The number of aliphatic hydroxyl groups is 5. The quantitative estimate of drug-likeness (QED) is 0.174. The van der Waals surface area contributed by atoms with Gasteiger partial charge in [-0.1, -0.05) is 27.7 Å². The molecule has 4 unspecified atom stereocenters. The predicted molar refractivity (Wildman–Crippen MR) is 195 cm³/mol. The van der Waals surface area contributed by atoms with Crippen LogP contribution in [0.1, 0.15) is 107 Å². The number of hydrogen-bond acceptors (Lipinski definition) is 15. The van der Waals surface area contributed by atoms with E-state index < -0.39 is 124 Å². The molecule has 0 radical (unpaired) electrons. The first kappa shape index (κ1) is 41.7. The van der Waals surface area contributed by atoms with E-state index in [0.717, 1.165) is 20.3 Å². The molecule has 7 aliphatic rings. The van der Waals surface area contributed by atoms with Gasteiger partial charge in [0.2, 0.25) is 5.79 Å². The van der Waals surface area contributed by atoms with Crippen LogP contribution in [0.3, 0.4) is 0 Å². The Morgan fingerprint density at radius 2 is 1.66 bits per heavy atom. The molecule has 4 aliphatic carbocycles. The van der Waals surface area contributed by atoms with Gasteiger partial charge in [-0.25, -0.2) is 4.79 Å². The molecule has 0 aromatic carbocycles. The van der Waals surface area contributed by atoms with Crippen LogP contribution in [0.5, 0.6) is 0 Å². The van der Waals surface area contributed by atoms with Crippen LogP contribution in [-0.2, 0) is 42.9 Å². The van der Waals surface area contributed by atoms with Gasteiger partial charge in [0.25, 0.3) is 0 Å². The summed E-state index contributed by atoms with van der Waals surface area (Å²) in [7, 11) is 0. The fourth-order valence-electron chi connectivity index (χ4n) is 13.1. The van der Waals surface area contributed by atoms with Crippen molar-refractivity contribution in [2.24, 2.45) is 46.8 Å². The third-order valence-electron chi connectivity index (χ3n) is 16.1. The molecule has 7 rings (SSSR count). The first-order valence-electron chi connectivity index (χ1n) is 20.7. The summed E-state index contributed by atoms with van der Waals surface area (Å²) in [6, 6.07) is -0.275. The van der Waals surface area contributed by atoms with Crippen LogP contribution in [0.4, 0.5) is 0 Å². The number of aliphatic hydroxyl groups excluding tert-OH is 1. The van der Waals surface area contributed by atoms with Crippen LogP contribution in [0.2, 0.25) is 0 Å². The van der Waals surface area contributed by atoms with Crippen LogP contribution in [-0.4, -0.2) is 132 Å². The van der Waals surface area contributed by atoms with Crippen LogP contribution < -0.4 is 0 Å². The number of carbonyl (C=O) groups is 4. The molecule has 316 valence electrons. The molecular weight excluding hydrogens is 730 g/mol. The van der Waals surface area contributed by atoms with Crippen molar-refractivity contribution in [2.75, 3.05) is 13.1 Å². The van der Waals surface area contributed by atoms with Gasteiger partial charge in [-0.15, -0.1) is 0 Å². The summed E-state index contributed by atoms with van der Waals surface area (Å²) in [4.78, 5) is 54.2. The van der Waals surface area contributed by atoms with Gasteiger partial charge in [0.1, 0.15) is 17.8 Å². The highest BCUT2D eigenvalue weighted by molar-refractivity contribution is 5.80. The molecule has 56 heavy (non-hydrogen) atoms. The summed E-state index contributed by atoms with van der Waals surface area (Å²) < 4.78 is 30.3. The number of carbonyl (C=O) groups excluding carboxylic acids is 4. The Labute approximate surface area is 328 Å². The number of ether oxygens (including phenoxy) is 5. The summed E-state index contributed by atoms with van der Waals surface area (Å²) in [6.45, 7) is 15.4. The number of hydrogen-bond donors (Lipinski definition) is 5. The number of piperidine rings is 2. The Morgan fingerprint density at radius 3 is 2.29 bits per heavy atom. The summed E-state index contributed by atoms with van der Waals surface area (Å²) in [6.07, 6.45) is -4.21. The molecule has 3 heterocycles. The van der Waals surface area contributed by atoms with Crippen molar-refractivity contribution in [3.63, 3.8) is 0 Å². The lowest BCUT2D eigenvalue weighted by Gasteiger charge is -2.64. The lowest BCUT2D eigenvalue weighted by Crippen LogP contribution is -2.77. The standard InChI is InChI=1S/C41H63NO14/c1-10-20(3)34(46)55-33-31(45)30-24(18-42-17-19(2)11-12-28(42)38(30,9)49)25-16-39-32(40(25,33)50)26(53-23(6)44)15-27-36(39,7)14-13-29(41(27,51)56-39)54-35(47)37(8,48)21(4)52-22(5)43/h19-21,24-33,45,48-51H,10-18H2,1-9H3/t19-,20?,21?,24-,25-,26+,27-,28-,29-,30+,31+,32+,33-,36-,37?,38+,39+,40-,41?/m0/s1. The van der Waals surface area contributed by atoms with Gasteiger partial charge >= 0.3 is 23.9 Å². The highest BCUT2D eigenvalue weighted by Gasteiger charge is 2.88. The Bertz CT molecular complexity index is 1620. The van der Waals surface area contributed by atoms with Crippen molar-refractivity contribution < 1.29 is 68.4 Å². The molecule has 0 aromatic heterocycles. The molecule has 19 atom stereocenters. The van der Waals surface area contributed by atoms with E-state index in [9.17, 15) is 44.7 Å². The Kier molecular flexibility index (Phi) is 10.1. The van der Waals surface area contributed by atoms with Gasteiger partial charge in [-0.2, -0.15) is 0 Å². The molecule has 3 saturated heterocycles. The summed E-state index contributed by atoms with van der Waals surface area (Å²) in [5, 5.41) is 62.8. The van der Waals surface area contributed by atoms with Crippen LogP contribution >= 0.6 is 0 Å². The first-order valence-corrected chi connectivity index (χ1v) is 20.7. The highest BCUT2D eigenvalue weighted by Crippen LogP contribution is 2.77. The molecular formula is C41H63NO14. The lowest BCUT2D eigenvalue weighted by atomic mass is 9.49. The maximum absolute atomic E-state index is 13.7. The Hall–Kier alpha value is -2.40. The van der Waals surface area contributed by atoms with Crippen molar-refractivity contribution in [3.8, 4) is 0 Å². The first-order chi connectivity index (χ1) is 25.9. The van der Waals surface area contributed by atoms with Crippen molar-refractivity contribution in [1.82, 2.24) is 4.90 Å². The largest absolute Gasteiger partial charge is 0.462 e. The number of fused-ring (bicyclic) bond motifs is 5. The van der Waals surface area contributed by atoms with E-state index in [2.05, 4.69) is 11.8 Å². The van der Waals surface area contributed by atoms with Crippen LogP contribution in [0.15, 0.2) is 0 Å². The topological polar surface area (TPSA) is 219 Å². The van der Waals surface area contributed by atoms with Crippen molar-refractivity contribution >= 4 is 23.9 Å². The fraction of sp³-hybridized carbons (Fsp3) is 0.902. The third kappa shape index (κ3) is 5.67. The minimum Gasteiger partial charge on any atom is -0.462 e. The molecule has 1 spiro atoms. The molecule has 4 saturated carbocycles. The fourth-order valence-corrected chi connectivity index (χ4v) is 13.1. The lowest BCUT2D eigenvalue weighted by molar-refractivity contribution is -0.301. The van der Waals surface area contributed by atoms with E-state index in [4.69, 9.17) is 23.7 Å². The maximum atomic E-state index is 13.7. The Balaban J connectivity index is 1.35. The summed E-state index contributed by atoms with van der Waals surface area (Å²) >= 11 is 0. The zero-order valence-electron chi connectivity index (χ0n) is 34.2. The molecule has 7 fully saturated rings. The second-order valence-corrected chi connectivity index (χ2v) is 19.3. The second kappa shape index (κ2) is 13.6. The average molecular weight is 794 g/mol. The number of rotatable bonds is 8. The monoisotopic (exact) mass is 793 g/mol. The van der Waals surface area contributed by atoms with E-state index in [-0.39, 0.29) is 25.3 Å². The van der Waals surface area contributed by atoms with Gasteiger partial charge in [0.15, 0.2) is 17.8 Å². The summed E-state index contributed by atoms with van der Waals surface area (Å²) in [5.74, 6) is -9.57. The number of nitrogens with zero attached hydrogens (tertiary/aromatic N) is 1. The van der Waals surface area contributed by atoms with Crippen LogP contribution in [0.25, 0.3) is 0 Å². The molecule has 0 aromatic rings. The summed E-state index contributed by atoms with van der Waals surface area (Å²) in [5.41, 5.74) is -8.17. The van der Waals surface area contributed by atoms with Crippen molar-refractivity contribution in [2.45, 2.75) is 172 Å². The zero-order valence-corrected chi connectivity index (χ0v) is 34.2. The molecule has 5 N–H and O–H groups in total. The predicted octanol–water partition coefficient (Wildman–Crippen LogP) is 1.61. The molecule has 0 amide bonds. The van der Waals surface area contributed by atoms with Gasteiger partial charge in [0.05, 0.1) is 29.1 Å². The van der Waals surface area contributed by atoms with Gasteiger partial charge in [0, 0.05) is 50.2 Å². The molecule has 15 nitrogen and oxygen atoms in total. The van der Waals surface area contributed by atoms with Crippen LogP contribution in [0, 0.1) is 46.8 Å². The van der Waals surface area contributed by atoms with Gasteiger partial charge < -0.3 is 49.2 Å². The normalized spacial score (nSPS) is 49.8. The van der Waals surface area contributed by atoms with E-state index in [0.29, 0.717) is 38.3 Å². The van der Waals surface area contributed by atoms with Crippen molar-refractivity contribution in [3.05, 3.63) is 0 Å². The van der Waals surface area contributed by atoms with E-state index in [1.165, 1.54) is 13.8 Å². The van der Waals surface area contributed by atoms with E-state index >= 15 is 0 Å². The van der Waals surface area contributed by atoms with E-state index in [1.807, 2.05) is 13.8 Å². The average Bonchev–Trinajstić information content (AvgIpc) is 3.37. The third-order valence-corrected chi connectivity index (χ3v) is 16.1. The molecule has 15 heteroatoms. The SMILES string of the molecule is CCC(C)C(=O)O[C@H]1[C@H](O)[C@H]2[C@@H](CN3C[C@@H](C)CC[C@H]3[C@@]2(C)O)[C@@H]2C[C@]34OC5(O)[C@@H](OC(=O)C(C)(O)C(C)OC(C)=O)CC[C@@]3(C)[C@@H]5C[C@@H](OC(C)=O)[C@H]4[C@@]21O.